The zero-order valence-electron chi connectivity index (χ0n) is 22.3. The zero-order chi connectivity index (χ0) is 26.1. The highest BCUT2D eigenvalue weighted by atomic mass is 32.2. The summed E-state index contributed by atoms with van der Waals surface area (Å²) in [5.74, 6) is 1.64. The summed E-state index contributed by atoms with van der Waals surface area (Å²) in [5.41, 5.74) is 4.11. The highest BCUT2D eigenvalue weighted by molar-refractivity contribution is 7.89. The zero-order valence-corrected chi connectivity index (χ0v) is 23.1. The summed E-state index contributed by atoms with van der Waals surface area (Å²) >= 11 is 0. The molecule has 1 unspecified atom stereocenters. The molecule has 0 amide bonds. The van der Waals surface area contributed by atoms with Crippen LogP contribution in [0.4, 0.5) is 0 Å². The number of aliphatic hydroxyl groups is 1. The lowest BCUT2D eigenvalue weighted by Gasteiger charge is -2.53. The van der Waals surface area contributed by atoms with E-state index in [1.165, 1.54) is 23.8 Å². The Morgan fingerprint density at radius 3 is 2.39 bits per heavy atom. The van der Waals surface area contributed by atoms with Gasteiger partial charge in [-0.3, -0.25) is 0 Å². The van der Waals surface area contributed by atoms with E-state index < -0.39 is 15.6 Å². The predicted molar refractivity (Wildman–Crippen MR) is 143 cm³/mol. The van der Waals surface area contributed by atoms with Crippen LogP contribution in [0.5, 0.6) is 5.75 Å². The Labute approximate surface area is 216 Å². The molecular formula is C30H41NO4S. The van der Waals surface area contributed by atoms with Crippen LogP contribution >= 0.6 is 0 Å². The van der Waals surface area contributed by atoms with Gasteiger partial charge in [-0.25, -0.2) is 13.6 Å². The second kappa shape index (κ2) is 8.57. The minimum atomic E-state index is -3.85. The fourth-order valence-corrected chi connectivity index (χ4v) is 8.55. The number of hydrogen-bond donors (Lipinski definition) is 2. The van der Waals surface area contributed by atoms with Crippen molar-refractivity contribution in [2.24, 2.45) is 22.4 Å². The molecule has 0 spiro atoms. The number of sulfonamides is 1. The van der Waals surface area contributed by atoms with Crippen molar-refractivity contribution in [1.29, 1.82) is 0 Å². The lowest BCUT2D eigenvalue weighted by atomic mass is 9.53. The van der Waals surface area contributed by atoms with Gasteiger partial charge in [-0.05, 0) is 101 Å². The topological polar surface area (TPSA) is 89.6 Å². The van der Waals surface area contributed by atoms with Gasteiger partial charge in [0.05, 0.1) is 12.7 Å². The molecule has 6 heteroatoms. The average molecular weight is 512 g/mol. The van der Waals surface area contributed by atoms with Gasteiger partial charge >= 0.3 is 0 Å². The smallest absolute Gasteiger partial charge is 0.241 e. The van der Waals surface area contributed by atoms with Crippen LogP contribution in [0.25, 0.3) is 0 Å². The Bertz CT molecular complexity index is 1260. The predicted octanol–water partition coefficient (Wildman–Crippen LogP) is 5.47. The monoisotopic (exact) mass is 511 g/mol. The molecule has 0 bridgehead atoms. The van der Waals surface area contributed by atoms with Crippen molar-refractivity contribution in [1.82, 2.24) is 0 Å². The molecule has 196 valence electrons. The van der Waals surface area contributed by atoms with Gasteiger partial charge in [0.2, 0.25) is 10.0 Å². The number of benzene rings is 2. The van der Waals surface area contributed by atoms with Crippen LogP contribution in [0.2, 0.25) is 0 Å². The molecule has 2 aromatic carbocycles. The summed E-state index contributed by atoms with van der Waals surface area (Å²) in [6.45, 7) is 9.00. The first-order valence-electron chi connectivity index (χ1n) is 13.3. The molecule has 0 saturated heterocycles. The third kappa shape index (κ3) is 4.10. The van der Waals surface area contributed by atoms with Crippen molar-refractivity contribution in [3.63, 3.8) is 0 Å². The van der Waals surface area contributed by atoms with E-state index in [1.807, 2.05) is 6.07 Å². The first-order valence-corrected chi connectivity index (χ1v) is 14.9. The number of methoxy groups -OCH3 is 1. The SMILES string of the molecule is COc1cc2c(cc1S(N)(=O)=O)CC[C@@H]1[C@@H]2CC[C@@]2(C)[C@H]1CCC2(O)Cc1ccc(C(C)(C)C)cc1. The lowest BCUT2D eigenvalue weighted by Crippen LogP contribution is -2.51. The molecule has 0 aromatic heterocycles. The van der Waals surface area contributed by atoms with Gasteiger partial charge in [0, 0.05) is 6.42 Å². The maximum absolute atomic E-state index is 12.1. The maximum Gasteiger partial charge on any atom is 0.241 e. The molecular weight excluding hydrogens is 470 g/mol. The summed E-state index contributed by atoms with van der Waals surface area (Å²) in [7, 11) is -2.35. The molecule has 2 saturated carbocycles. The molecule has 5 atom stereocenters. The molecule has 2 fully saturated rings. The summed E-state index contributed by atoms with van der Waals surface area (Å²) in [4.78, 5) is 0.0792. The second-order valence-electron chi connectivity index (χ2n) is 12.8. The maximum atomic E-state index is 12.1. The number of hydrogen-bond acceptors (Lipinski definition) is 4. The molecule has 0 radical (unpaired) electrons. The Hall–Kier alpha value is -1.89. The van der Waals surface area contributed by atoms with Gasteiger partial charge < -0.3 is 9.84 Å². The van der Waals surface area contributed by atoms with Crippen LogP contribution in [0, 0.1) is 17.3 Å². The fraction of sp³-hybridized carbons (Fsp3) is 0.600. The summed E-state index contributed by atoms with van der Waals surface area (Å²) < 4.78 is 29.7. The van der Waals surface area contributed by atoms with Gasteiger partial charge in [0.15, 0.2) is 0 Å². The molecule has 2 aromatic rings. The van der Waals surface area contributed by atoms with Crippen molar-refractivity contribution in [2.45, 2.75) is 94.5 Å². The average Bonchev–Trinajstić information content (AvgIpc) is 3.07. The Kier molecular flexibility index (Phi) is 6.13. The standard InChI is InChI=1S/C30H41NO4S/c1-28(2,3)21-9-6-19(7-10-21)18-30(32)15-13-25-23-11-8-20-16-27(36(31,33)34)26(35-5)17-24(20)22(23)12-14-29(25,30)4/h6-7,9-10,16-17,22-23,25,32H,8,11-15,18H2,1-5H3,(H2,31,33,34)/t22-,23+,25-,29-,30?/m0/s1. The van der Waals surface area contributed by atoms with E-state index in [-0.39, 0.29) is 15.7 Å². The molecule has 3 aliphatic carbocycles. The highest BCUT2D eigenvalue weighted by Gasteiger charge is 2.61. The minimum Gasteiger partial charge on any atom is -0.495 e. The number of ether oxygens (including phenoxy) is 1. The molecule has 5 rings (SSSR count). The number of primary sulfonamides is 1. The lowest BCUT2D eigenvalue weighted by molar-refractivity contribution is -0.102. The van der Waals surface area contributed by atoms with Crippen LogP contribution in [0.3, 0.4) is 0 Å². The van der Waals surface area contributed by atoms with Crippen molar-refractivity contribution in [2.75, 3.05) is 7.11 Å². The number of fused-ring (bicyclic) bond motifs is 5. The first-order chi connectivity index (χ1) is 16.8. The summed E-state index contributed by atoms with van der Waals surface area (Å²) in [6.07, 6.45) is 6.38. The highest BCUT2D eigenvalue weighted by Crippen LogP contribution is 2.65. The Morgan fingerprint density at radius 1 is 1.08 bits per heavy atom. The molecule has 0 aliphatic heterocycles. The largest absolute Gasteiger partial charge is 0.495 e. The Morgan fingerprint density at radius 2 is 1.78 bits per heavy atom. The van der Waals surface area contributed by atoms with Crippen molar-refractivity contribution < 1.29 is 18.3 Å². The molecule has 0 heterocycles. The molecule has 3 aliphatic rings. The van der Waals surface area contributed by atoms with E-state index in [4.69, 9.17) is 9.88 Å². The number of aryl methyl sites for hydroxylation is 1. The van der Waals surface area contributed by atoms with Crippen LogP contribution in [0.15, 0.2) is 41.3 Å². The quantitative estimate of drug-likeness (QED) is 0.570. The van der Waals surface area contributed by atoms with E-state index in [9.17, 15) is 13.5 Å². The Balaban J connectivity index is 1.42. The van der Waals surface area contributed by atoms with E-state index in [0.29, 0.717) is 29.9 Å². The van der Waals surface area contributed by atoms with Gasteiger partial charge in [0.25, 0.3) is 0 Å². The normalized spacial score (nSPS) is 31.9. The third-order valence-corrected chi connectivity index (χ3v) is 10.9. The molecule has 5 nitrogen and oxygen atoms in total. The van der Waals surface area contributed by atoms with Crippen LogP contribution < -0.4 is 9.88 Å². The van der Waals surface area contributed by atoms with Gasteiger partial charge in [-0.1, -0.05) is 52.0 Å². The van der Waals surface area contributed by atoms with Gasteiger partial charge in [-0.15, -0.1) is 0 Å². The van der Waals surface area contributed by atoms with Crippen molar-refractivity contribution >= 4 is 10.0 Å². The summed E-state index contributed by atoms with van der Waals surface area (Å²) in [5, 5.41) is 17.6. The number of nitrogens with two attached hydrogens (primary N) is 1. The van der Waals surface area contributed by atoms with Crippen molar-refractivity contribution in [3.05, 3.63) is 58.7 Å². The van der Waals surface area contributed by atoms with E-state index >= 15 is 0 Å². The number of rotatable bonds is 4. The fourth-order valence-electron chi connectivity index (χ4n) is 7.82. The van der Waals surface area contributed by atoms with E-state index in [0.717, 1.165) is 44.1 Å². The van der Waals surface area contributed by atoms with Crippen molar-refractivity contribution in [3.8, 4) is 5.75 Å². The third-order valence-electron chi connectivity index (χ3n) is 9.95. The van der Waals surface area contributed by atoms with Gasteiger partial charge in [0.1, 0.15) is 10.6 Å². The van der Waals surface area contributed by atoms with Crippen LogP contribution in [-0.2, 0) is 28.3 Å². The van der Waals surface area contributed by atoms with Crippen LogP contribution in [0.1, 0.15) is 88.0 Å². The van der Waals surface area contributed by atoms with Crippen LogP contribution in [-0.4, -0.2) is 26.2 Å². The summed E-state index contributed by atoms with van der Waals surface area (Å²) in [6, 6.07) is 12.5. The molecule has 3 N–H and O–H groups in total. The second-order valence-corrected chi connectivity index (χ2v) is 14.3. The molecule has 36 heavy (non-hydrogen) atoms. The van der Waals surface area contributed by atoms with Gasteiger partial charge in [-0.2, -0.15) is 0 Å². The van der Waals surface area contributed by atoms with E-state index in [2.05, 4.69) is 52.0 Å². The first kappa shape index (κ1) is 25.7. The minimum absolute atomic E-state index is 0.0792. The van der Waals surface area contributed by atoms with E-state index in [1.54, 1.807) is 6.07 Å².